The Labute approximate surface area is 116 Å². The van der Waals surface area contributed by atoms with Crippen molar-refractivity contribution in [1.82, 2.24) is 0 Å². The molecule has 90 valence electrons. The lowest BCUT2D eigenvalue weighted by atomic mass is 9.93. The molecule has 0 saturated carbocycles. The second kappa shape index (κ2) is 6.37. The zero-order valence-corrected chi connectivity index (χ0v) is 11.6. The van der Waals surface area contributed by atoms with Crippen LogP contribution in [0.25, 0.3) is 0 Å². The minimum atomic E-state index is -0.0685. The van der Waals surface area contributed by atoms with Gasteiger partial charge in [-0.1, -0.05) is 70.5 Å². The summed E-state index contributed by atoms with van der Waals surface area (Å²) in [5.74, 6) is -0.0685. The minimum absolute atomic E-state index is 0.0685. The van der Waals surface area contributed by atoms with Gasteiger partial charge in [0, 0.05) is 5.33 Å². The molecule has 1 atom stereocenters. The fraction of sp³-hybridized carbons (Fsp3) is 0.188. The van der Waals surface area contributed by atoms with Gasteiger partial charge >= 0.3 is 0 Å². The van der Waals surface area contributed by atoms with Crippen molar-refractivity contribution >= 4 is 15.9 Å². The van der Waals surface area contributed by atoms with Gasteiger partial charge in [-0.15, -0.1) is 0 Å². The van der Waals surface area contributed by atoms with Crippen LogP contribution in [0.3, 0.4) is 0 Å². The van der Waals surface area contributed by atoms with Crippen molar-refractivity contribution in [3.63, 3.8) is 0 Å². The Balaban J connectivity index is 2.13. The summed E-state index contributed by atoms with van der Waals surface area (Å²) in [6.07, 6.45) is 0.767. The monoisotopic (exact) mass is 299 g/mol. The van der Waals surface area contributed by atoms with Gasteiger partial charge < -0.3 is 0 Å². The molecule has 2 aromatic rings. The highest BCUT2D eigenvalue weighted by Crippen LogP contribution is 2.20. The standard InChI is InChI=1S/C16H14BrN/c17-11-14-8-6-13(7-9-14)10-16(12-18)15-4-2-1-3-5-15/h1-9,16H,10-11H2. The number of rotatable bonds is 4. The van der Waals surface area contributed by atoms with E-state index in [1.165, 1.54) is 11.1 Å². The van der Waals surface area contributed by atoms with Gasteiger partial charge in [0.05, 0.1) is 12.0 Å². The zero-order valence-electron chi connectivity index (χ0n) is 10.0. The molecule has 1 nitrogen and oxygen atoms in total. The van der Waals surface area contributed by atoms with E-state index in [0.717, 1.165) is 17.3 Å². The normalized spacial score (nSPS) is 11.8. The van der Waals surface area contributed by atoms with E-state index in [1.54, 1.807) is 0 Å². The number of nitrogens with zero attached hydrogens (tertiary/aromatic N) is 1. The second-order valence-electron chi connectivity index (χ2n) is 4.25. The molecule has 18 heavy (non-hydrogen) atoms. The van der Waals surface area contributed by atoms with Crippen LogP contribution >= 0.6 is 15.9 Å². The van der Waals surface area contributed by atoms with Gasteiger partial charge in [-0.2, -0.15) is 5.26 Å². The van der Waals surface area contributed by atoms with Crippen LogP contribution in [0.5, 0.6) is 0 Å². The summed E-state index contributed by atoms with van der Waals surface area (Å²) in [7, 11) is 0. The molecule has 2 heteroatoms. The van der Waals surface area contributed by atoms with Crippen molar-refractivity contribution in [2.45, 2.75) is 17.7 Å². The van der Waals surface area contributed by atoms with Gasteiger partial charge in [0.1, 0.15) is 0 Å². The van der Waals surface area contributed by atoms with Crippen molar-refractivity contribution in [1.29, 1.82) is 5.26 Å². The molecule has 0 aliphatic heterocycles. The topological polar surface area (TPSA) is 23.8 Å². The molecule has 0 spiro atoms. The fourth-order valence-corrected chi connectivity index (χ4v) is 2.30. The van der Waals surface area contributed by atoms with E-state index in [-0.39, 0.29) is 5.92 Å². The summed E-state index contributed by atoms with van der Waals surface area (Å²) in [5, 5.41) is 10.2. The van der Waals surface area contributed by atoms with E-state index in [9.17, 15) is 5.26 Å². The lowest BCUT2D eigenvalue weighted by Crippen LogP contribution is -2.00. The van der Waals surface area contributed by atoms with Crippen molar-refractivity contribution < 1.29 is 0 Å². The molecule has 0 radical (unpaired) electrons. The molecule has 2 rings (SSSR count). The number of hydrogen-bond acceptors (Lipinski definition) is 1. The molecule has 0 aromatic heterocycles. The molecule has 0 amide bonds. The molecular weight excluding hydrogens is 286 g/mol. The number of alkyl halides is 1. The Morgan fingerprint density at radius 2 is 1.56 bits per heavy atom. The minimum Gasteiger partial charge on any atom is -0.198 e. The first kappa shape index (κ1) is 12.9. The summed E-state index contributed by atoms with van der Waals surface area (Å²) in [4.78, 5) is 0. The molecular formula is C16H14BrN. The van der Waals surface area contributed by atoms with Crippen LogP contribution in [0.4, 0.5) is 0 Å². The number of nitriles is 1. The fourth-order valence-electron chi connectivity index (χ4n) is 1.92. The van der Waals surface area contributed by atoms with Crippen molar-refractivity contribution in [3.05, 3.63) is 71.3 Å². The first-order valence-corrected chi connectivity index (χ1v) is 7.04. The van der Waals surface area contributed by atoms with Crippen LogP contribution in [0.1, 0.15) is 22.6 Å². The molecule has 0 N–H and O–H groups in total. The molecule has 0 aliphatic rings. The molecule has 1 unspecified atom stereocenters. The molecule has 0 heterocycles. The SMILES string of the molecule is N#CC(Cc1ccc(CBr)cc1)c1ccccc1. The Bertz CT molecular complexity index is 525. The number of halogens is 1. The van der Waals surface area contributed by atoms with E-state index < -0.39 is 0 Å². The van der Waals surface area contributed by atoms with Crippen LogP contribution in [-0.4, -0.2) is 0 Å². The van der Waals surface area contributed by atoms with Crippen molar-refractivity contribution in [2.75, 3.05) is 0 Å². The smallest absolute Gasteiger partial charge is 0.0753 e. The number of hydrogen-bond donors (Lipinski definition) is 0. The Kier molecular flexibility index (Phi) is 4.55. The molecule has 0 aliphatic carbocycles. The summed E-state index contributed by atoms with van der Waals surface area (Å²) < 4.78 is 0. The first-order valence-electron chi connectivity index (χ1n) is 5.92. The van der Waals surface area contributed by atoms with Crippen LogP contribution in [0, 0.1) is 11.3 Å². The van der Waals surface area contributed by atoms with Gasteiger partial charge in [0.25, 0.3) is 0 Å². The van der Waals surface area contributed by atoms with E-state index in [2.05, 4.69) is 46.3 Å². The van der Waals surface area contributed by atoms with Crippen LogP contribution in [0.15, 0.2) is 54.6 Å². The molecule has 0 bridgehead atoms. The summed E-state index contributed by atoms with van der Waals surface area (Å²) in [6, 6.07) is 20.8. The van der Waals surface area contributed by atoms with Gasteiger partial charge in [-0.05, 0) is 23.1 Å². The average Bonchev–Trinajstić information content (AvgIpc) is 2.46. The third-order valence-electron chi connectivity index (χ3n) is 2.97. The average molecular weight is 300 g/mol. The van der Waals surface area contributed by atoms with E-state index in [0.29, 0.717) is 0 Å². The third kappa shape index (κ3) is 3.21. The molecule has 2 aromatic carbocycles. The van der Waals surface area contributed by atoms with Gasteiger partial charge in [0.15, 0.2) is 0 Å². The lowest BCUT2D eigenvalue weighted by molar-refractivity contribution is 0.849. The van der Waals surface area contributed by atoms with E-state index in [1.807, 2.05) is 30.3 Å². The summed E-state index contributed by atoms with van der Waals surface area (Å²) in [6.45, 7) is 0. The maximum absolute atomic E-state index is 9.28. The molecule has 0 saturated heterocycles. The van der Waals surface area contributed by atoms with Crippen LogP contribution < -0.4 is 0 Å². The first-order chi connectivity index (χ1) is 8.83. The summed E-state index contributed by atoms with van der Waals surface area (Å²) in [5.41, 5.74) is 3.55. The Hall–Kier alpha value is -1.59. The zero-order chi connectivity index (χ0) is 12.8. The number of benzene rings is 2. The van der Waals surface area contributed by atoms with Crippen LogP contribution in [-0.2, 0) is 11.8 Å². The predicted octanol–water partition coefficient (Wildman–Crippen LogP) is 4.43. The Morgan fingerprint density at radius 1 is 0.944 bits per heavy atom. The quantitative estimate of drug-likeness (QED) is 0.766. The maximum Gasteiger partial charge on any atom is 0.0753 e. The van der Waals surface area contributed by atoms with Crippen LogP contribution in [0.2, 0.25) is 0 Å². The maximum atomic E-state index is 9.28. The lowest BCUT2D eigenvalue weighted by Gasteiger charge is -2.09. The van der Waals surface area contributed by atoms with Gasteiger partial charge in [-0.25, -0.2) is 0 Å². The third-order valence-corrected chi connectivity index (χ3v) is 3.62. The van der Waals surface area contributed by atoms with E-state index >= 15 is 0 Å². The van der Waals surface area contributed by atoms with Crippen molar-refractivity contribution in [3.8, 4) is 6.07 Å². The highest BCUT2D eigenvalue weighted by atomic mass is 79.9. The highest BCUT2D eigenvalue weighted by Gasteiger charge is 2.10. The molecule has 0 fully saturated rings. The highest BCUT2D eigenvalue weighted by molar-refractivity contribution is 9.08. The van der Waals surface area contributed by atoms with E-state index in [4.69, 9.17) is 0 Å². The Morgan fingerprint density at radius 3 is 2.11 bits per heavy atom. The van der Waals surface area contributed by atoms with Crippen molar-refractivity contribution in [2.24, 2.45) is 0 Å². The largest absolute Gasteiger partial charge is 0.198 e. The summed E-state index contributed by atoms with van der Waals surface area (Å²) >= 11 is 3.43. The second-order valence-corrected chi connectivity index (χ2v) is 4.81. The predicted molar refractivity (Wildman–Crippen MR) is 77.6 cm³/mol. The van der Waals surface area contributed by atoms with Gasteiger partial charge in [-0.3, -0.25) is 0 Å². The van der Waals surface area contributed by atoms with Gasteiger partial charge in [0.2, 0.25) is 0 Å².